The predicted molar refractivity (Wildman–Crippen MR) is 149 cm³/mol. The van der Waals surface area contributed by atoms with Crippen LogP contribution in [0.2, 0.25) is 10.0 Å². The van der Waals surface area contributed by atoms with Gasteiger partial charge >= 0.3 is 0 Å². The molecule has 1 aliphatic heterocycles. The van der Waals surface area contributed by atoms with Crippen LogP contribution >= 0.6 is 35.0 Å². The van der Waals surface area contributed by atoms with Gasteiger partial charge in [0.1, 0.15) is 17.6 Å². The smallest absolute Gasteiger partial charge is 0.255 e. The molecule has 4 aromatic rings. The highest BCUT2D eigenvalue weighted by atomic mass is 35.5. The van der Waals surface area contributed by atoms with E-state index in [-0.39, 0.29) is 16.2 Å². The molecule has 0 spiro atoms. The number of aromatic nitrogens is 3. The number of anilines is 2. The highest BCUT2D eigenvalue weighted by Crippen LogP contribution is 2.41. The molecule has 0 bridgehead atoms. The third kappa shape index (κ3) is 5.09. The van der Waals surface area contributed by atoms with Crippen molar-refractivity contribution in [2.24, 2.45) is 0 Å². The summed E-state index contributed by atoms with van der Waals surface area (Å²) >= 11 is 14.2. The van der Waals surface area contributed by atoms with Crippen molar-refractivity contribution < 1.29 is 13.9 Å². The number of nitrogens with zero attached hydrogens (tertiary/aromatic N) is 3. The maximum absolute atomic E-state index is 15.3. The van der Waals surface area contributed by atoms with Crippen LogP contribution in [0.1, 0.15) is 24.1 Å². The Bertz CT molecular complexity index is 1540. The number of fused-ring (bicyclic) bond motifs is 1. The first kappa shape index (κ1) is 26.1. The molecule has 1 unspecified atom stereocenters. The summed E-state index contributed by atoms with van der Waals surface area (Å²) in [7, 11) is 1.52. The SMILES string of the molecule is COc1ccccc1NC(=O)C1=C(C)Nc2nc(SCc3ccccc3Cl)nn2C1c1c(F)cccc1Cl. The molecule has 0 saturated carbocycles. The van der Waals surface area contributed by atoms with E-state index in [4.69, 9.17) is 27.9 Å². The van der Waals surface area contributed by atoms with E-state index in [1.54, 1.807) is 37.3 Å². The number of methoxy groups -OCH3 is 1. The Morgan fingerprint density at radius 3 is 2.61 bits per heavy atom. The lowest BCUT2D eigenvalue weighted by Gasteiger charge is -2.29. The van der Waals surface area contributed by atoms with Crippen LogP contribution in [0.25, 0.3) is 0 Å². The minimum atomic E-state index is -0.975. The van der Waals surface area contributed by atoms with E-state index in [0.29, 0.717) is 39.0 Å². The van der Waals surface area contributed by atoms with Gasteiger partial charge in [-0.15, -0.1) is 5.10 Å². The fourth-order valence-corrected chi connectivity index (χ4v) is 5.60. The van der Waals surface area contributed by atoms with Crippen LogP contribution in [0.4, 0.5) is 16.0 Å². The molecule has 0 saturated heterocycles. The van der Waals surface area contributed by atoms with E-state index in [0.717, 1.165) is 5.56 Å². The molecule has 5 rings (SSSR count). The molecular formula is C27H22Cl2FN5O2S. The summed E-state index contributed by atoms with van der Waals surface area (Å²) in [6, 6.07) is 18.0. The Labute approximate surface area is 233 Å². The lowest BCUT2D eigenvalue weighted by molar-refractivity contribution is -0.113. The molecule has 7 nitrogen and oxygen atoms in total. The second kappa shape index (κ2) is 11.1. The first-order valence-corrected chi connectivity index (χ1v) is 13.3. The van der Waals surface area contributed by atoms with Crippen molar-refractivity contribution in [3.63, 3.8) is 0 Å². The van der Waals surface area contributed by atoms with Gasteiger partial charge in [0.05, 0.1) is 18.4 Å². The lowest BCUT2D eigenvalue weighted by atomic mass is 9.94. The monoisotopic (exact) mass is 569 g/mol. The molecule has 194 valence electrons. The van der Waals surface area contributed by atoms with E-state index >= 15 is 4.39 Å². The van der Waals surface area contributed by atoms with Crippen LogP contribution in [0.3, 0.4) is 0 Å². The summed E-state index contributed by atoms with van der Waals surface area (Å²) in [6.07, 6.45) is 0. The number of carbonyl (C=O) groups is 1. The first-order chi connectivity index (χ1) is 18.4. The number of rotatable bonds is 7. The number of ether oxygens (including phenoxy) is 1. The average molecular weight is 570 g/mol. The molecule has 1 atom stereocenters. The Balaban J connectivity index is 1.55. The maximum atomic E-state index is 15.3. The standard InChI is InChI=1S/C27H22Cl2FN5O2S/c1-15-22(25(36)32-20-12-5-6-13-21(20)37-2)24(23-18(29)10-7-11-19(23)30)35-26(31-15)33-27(34-35)38-14-16-8-3-4-9-17(16)28/h3-13,24H,14H2,1-2H3,(H,32,36)(H,31,33,34). The quantitative estimate of drug-likeness (QED) is 0.234. The van der Waals surface area contributed by atoms with Gasteiger partial charge in [0, 0.05) is 27.1 Å². The van der Waals surface area contributed by atoms with Crippen molar-refractivity contribution in [3.8, 4) is 5.75 Å². The van der Waals surface area contributed by atoms with Crippen LogP contribution in [0, 0.1) is 5.82 Å². The largest absolute Gasteiger partial charge is 0.495 e. The number of para-hydroxylation sites is 2. The molecule has 1 aromatic heterocycles. The molecule has 38 heavy (non-hydrogen) atoms. The van der Waals surface area contributed by atoms with E-state index < -0.39 is 17.8 Å². The third-order valence-corrected chi connectivity index (χ3v) is 7.61. The number of hydrogen-bond donors (Lipinski definition) is 2. The van der Waals surface area contributed by atoms with Crippen molar-refractivity contribution in [2.45, 2.75) is 23.9 Å². The number of nitrogens with one attached hydrogen (secondary N) is 2. The van der Waals surface area contributed by atoms with Crippen molar-refractivity contribution in [1.82, 2.24) is 14.8 Å². The van der Waals surface area contributed by atoms with Gasteiger partial charge < -0.3 is 15.4 Å². The fourth-order valence-electron chi connectivity index (χ4n) is 4.22. The molecule has 1 aliphatic rings. The Hall–Kier alpha value is -3.53. The Morgan fingerprint density at radius 2 is 1.84 bits per heavy atom. The molecule has 0 aliphatic carbocycles. The number of benzene rings is 3. The molecule has 0 fully saturated rings. The summed E-state index contributed by atoms with van der Waals surface area (Å²) in [5.41, 5.74) is 2.25. The highest BCUT2D eigenvalue weighted by Gasteiger charge is 2.37. The van der Waals surface area contributed by atoms with Crippen molar-refractivity contribution in [2.75, 3.05) is 17.7 Å². The van der Waals surface area contributed by atoms with Crippen LogP contribution in [0.5, 0.6) is 5.75 Å². The summed E-state index contributed by atoms with van der Waals surface area (Å²) in [6.45, 7) is 1.73. The van der Waals surface area contributed by atoms with Gasteiger partial charge in [-0.05, 0) is 42.8 Å². The zero-order valence-corrected chi connectivity index (χ0v) is 22.7. The second-order valence-corrected chi connectivity index (χ2v) is 10.2. The number of allylic oxidation sites excluding steroid dienone is 1. The Morgan fingerprint density at radius 1 is 1.11 bits per heavy atom. The van der Waals surface area contributed by atoms with Gasteiger partial charge in [-0.2, -0.15) is 4.98 Å². The molecule has 2 N–H and O–H groups in total. The van der Waals surface area contributed by atoms with Crippen molar-refractivity contribution >= 4 is 52.5 Å². The Kier molecular flexibility index (Phi) is 7.60. The van der Waals surface area contributed by atoms with Crippen LogP contribution in [-0.2, 0) is 10.5 Å². The second-order valence-electron chi connectivity index (χ2n) is 8.40. The van der Waals surface area contributed by atoms with E-state index in [2.05, 4.69) is 20.7 Å². The zero-order chi connectivity index (χ0) is 26.8. The summed E-state index contributed by atoms with van der Waals surface area (Å²) < 4.78 is 22.2. The molecule has 0 radical (unpaired) electrons. The van der Waals surface area contributed by atoms with Crippen molar-refractivity contribution in [3.05, 3.63) is 105 Å². The topological polar surface area (TPSA) is 81.1 Å². The summed E-state index contributed by atoms with van der Waals surface area (Å²) in [4.78, 5) is 18.3. The summed E-state index contributed by atoms with van der Waals surface area (Å²) in [5, 5.41) is 11.9. The highest BCUT2D eigenvalue weighted by molar-refractivity contribution is 7.98. The van der Waals surface area contributed by atoms with Gasteiger partial charge in [-0.3, -0.25) is 4.79 Å². The van der Waals surface area contributed by atoms with E-state index in [9.17, 15) is 4.79 Å². The molecule has 3 aromatic carbocycles. The average Bonchev–Trinajstić information content (AvgIpc) is 3.30. The van der Waals surface area contributed by atoms with E-state index in [1.807, 2.05) is 24.3 Å². The van der Waals surface area contributed by atoms with E-state index in [1.165, 1.54) is 35.7 Å². The van der Waals surface area contributed by atoms with Crippen LogP contribution in [-0.4, -0.2) is 27.8 Å². The number of thioether (sulfide) groups is 1. The predicted octanol–water partition coefficient (Wildman–Crippen LogP) is 6.95. The van der Waals surface area contributed by atoms with Gasteiger partial charge in [0.15, 0.2) is 0 Å². The molecular weight excluding hydrogens is 548 g/mol. The number of hydrogen-bond acceptors (Lipinski definition) is 6. The normalized spacial score (nSPS) is 14.6. The number of amides is 1. The number of halogens is 3. The van der Waals surface area contributed by atoms with Crippen LogP contribution < -0.4 is 15.4 Å². The third-order valence-electron chi connectivity index (χ3n) is 6.02. The molecule has 2 heterocycles. The van der Waals surface area contributed by atoms with Crippen LogP contribution in [0.15, 0.2) is 83.2 Å². The molecule has 1 amide bonds. The van der Waals surface area contributed by atoms with Gasteiger partial charge in [-0.25, -0.2) is 9.07 Å². The number of carbonyl (C=O) groups excluding carboxylic acids is 1. The minimum absolute atomic E-state index is 0.119. The molecule has 11 heteroatoms. The van der Waals surface area contributed by atoms with Crippen molar-refractivity contribution in [1.29, 1.82) is 0 Å². The zero-order valence-electron chi connectivity index (χ0n) is 20.3. The lowest BCUT2D eigenvalue weighted by Crippen LogP contribution is -2.32. The summed E-state index contributed by atoms with van der Waals surface area (Å²) in [5.74, 6) is 0.356. The maximum Gasteiger partial charge on any atom is 0.255 e. The first-order valence-electron chi connectivity index (χ1n) is 11.6. The van der Waals surface area contributed by atoms with Gasteiger partial charge in [0.2, 0.25) is 11.1 Å². The van der Waals surface area contributed by atoms with Gasteiger partial charge in [0.25, 0.3) is 5.91 Å². The minimum Gasteiger partial charge on any atom is -0.495 e. The van der Waals surface area contributed by atoms with Gasteiger partial charge in [-0.1, -0.05) is 71.4 Å². The fraction of sp³-hybridized carbons (Fsp3) is 0.148.